The molecule has 0 aromatic rings. The van der Waals surface area contributed by atoms with E-state index in [2.05, 4.69) is 19.2 Å². The quantitative estimate of drug-likeness (QED) is 0.766. The fourth-order valence-electron chi connectivity index (χ4n) is 3.09. The molecule has 0 aliphatic heterocycles. The normalized spacial score (nSPS) is 32.6. The molecule has 0 radical (unpaired) electrons. The Balaban J connectivity index is 2.00. The second-order valence-corrected chi connectivity index (χ2v) is 6.30. The molecule has 0 amide bonds. The highest BCUT2D eigenvalue weighted by Crippen LogP contribution is 2.38. The van der Waals surface area contributed by atoms with E-state index in [0.717, 1.165) is 37.5 Å². The van der Waals surface area contributed by atoms with Gasteiger partial charge in [0, 0.05) is 6.04 Å². The maximum absolute atomic E-state index is 12.3. The van der Waals surface area contributed by atoms with Crippen LogP contribution in [-0.4, -0.2) is 24.2 Å². The smallest absolute Gasteiger partial charge is 0.326 e. The average molecular weight is 253 g/mol. The summed E-state index contributed by atoms with van der Waals surface area (Å²) in [6.07, 6.45) is 6.63. The number of hydrogen-bond acceptors (Lipinski definition) is 3. The summed E-state index contributed by atoms with van der Waals surface area (Å²) in [7, 11) is 0. The fraction of sp³-hybridized carbons (Fsp3) is 0.933. The number of rotatable bonds is 5. The molecule has 0 bridgehead atoms. The van der Waals surface area contributed by atoms with Crippen LogP contribution >= 0.6 is 0 Å². The minimum atomic E-state index is -0.372. The molecule has 2 fully saturated rings. The highest BCUT2D eigenvalue weighted by atomic mass is 16.5. The zero-order valence-electron chi connectivity index (χ0n) is 12.0. The first-order valence-electron chi connectivity index (χ1n) is 7.52. The van der Waals surface area contributed by atoms with Crippen LogP contribution in [0.3, 0.4) is 0 Å². The van der Waals surface area contributed by atoms with Crippen LogP contribution < -0.4 is 5.32 Å². The van der Waals surface area contributed by atoms with Crippen molar-refractivity contribution in [3.05, 3.63) is 0 Å². The molecule has 0 aromatic carbocycles. The van der Waals surface area contributed by atoms with E-state index in [9.17, 15) is 4.79 Å². The van der Waals surface area contributed by atoms with Crippen molar-refractivity contribution in [3.63, 3.8) is 0 Å². The molecule has 1 N–H and O–H groups in total. The van der Waals surface area contributed by atoms with Crippen molar-refractivity contribution >= 4 is 5.97 Å². The Morgan fingerprint density at radius 1 is 1.28 bits per heavy atom. The lowest BCUT2D eigenvalue weighted by Gasteiger charge is -2.40. The number of ether oxygens (including phenoxy) is 1. The van der Waals surface area contributed by atoms with E-state index < -0.39 is 0 Å². The van der Waals surface area contributed by atoms with Crippen molar-refractivity contribution in [2.45, 2.75) is 70.9 Å². The van der Waals surface area contributed by atoms with Crippen LogP contribution in [0, 0.1) is 11.8 Å². The monoisotopic (exact) mass is 253 g/mol. The van der Waals surface area contributed by atoms with Gasteiger partial charge in [0.05, 0.1) is 6.61 Å². The summed E-state index contributed by atoms with van der Waals surface area (Å²) in [5, 5.41) is 3.58. The molecule has 2 aliphatic carbocycles. The molecule has 0 heterocycles. The van der Waals surface area contributed by atoms with Crippen LogP contribution in [0.25, 0.3) is 0 Å². The third-order valence-corrected chi connectivity index (χ3v) is 4.55. The lowest BCUT2D eigenvalue weighted by atomic mass is 9.72. The second-order valence-electron chi connectivity index (χ2n) is 6.30. The van der Waals surface area contributed by atoms with Gasteiger partial charge in [0.2, 0.25) is 0 Å². The van der Waals surface area contributed by atoms with Crippen molar-refractivity contribution in [2.75, 3.05) is 6.61 Å². The van der Waals surface area contributed by atoms with Gasteiger partial charge < -0.3 is 4.74 Å². The SMILES string of the molecule is CCOC(=O)C1(NC2CC2)CCC(C(C)C)CC1. The summed E-state index contributed by atoms with van der Waals surface area (Å²) in [6, 6.07) is 0.560. The molecule has 0 spiro atoms. The van der Waals surface area contributed by atoms with E-state index in [1.54, 1.807) is 0 Å². The second kappa shape index (κ2) is 5.60. The van der Waals surface area contributed by atoms with Gasteiger partial charge in [-0.2, -0.15) is 0 Å². The number of hydrogen-bond donors (Lipinski definition) is 1. The van der Waals surface area contributed by atoms with Gasteiger partial charge in [-0.15, -0.1) is 0 Å². The van der Waals surface area contributed by atoms with Crippen molar-refractivity contribution in [1.29, 1.82) is 0 Å². The van der Waals surface area contributed by atoms with Gasteiger partial charge in [-0.25, -0.2) is 0 Å². The average Bonchev–Trinajstić information content (AvgIpc) is 3.14. The predicted molar refractivity (Wildman–Crippen MR) is 72.3 cm³/mol. The standard InChI is InChI=1S/C15H27NO2/c1-4-18-14(17)15(16-13-5-6-13)9-7-12(8-10-15)11(2)3/h11-13,16H,4-10H2,1-3H3. The largest absolute Gasteiger partial charge is 0.465 e. The molecule has 2 aliphatic rings. The Labute approximate surface area is 111 Å². The highest BCUT2D eigenvalue weighted by molar-refractivity contribution is 5.81. The molecule has 0 atom stereocenters. The van der Waals surface area contributed by atoms with E-state index >= 15 is 0 Å². The van der Waals surface area contributed by atoms with Crippen LogP contribution in [-0.2, 0) is 9.53 Å². The third-order valence-electron chi connectivity index (χ3n) is 4.55. The molecule has 3 nitrogen and oxygen atoms in total. The predicted octanol–water partition coefficient (Wildman–Crippen LogP) is 2.89. The Morgan fingerprint density at radius 2 is 1.89 bits per heavy atom. The van der Waals surface area contributed by atoms with Gasteiger partial charge in [0.25, 0.3) is 0 Å². The zero-order chi connectivity index (χ0) is 13.2. The van der Waals surface area contributed by atoms with Crippen molar-refractivity contribution in [3.8, 4) is 0 Å². The van der Waals surface area contributed by atoms with Gasteiger partial charge in [0.15, 0.2) is 0 Å². The molecule has 104 valence electrons. The van der Waals surface area contributed by atoms with E-state index in [4.69, 9.17) is 4.74 Å². The Morgan fingerprint density at radius 3 is 2.33 bits per heavy atom. The summed E-state index contributed by atoms with van der Waals surface area (Å²) in [5.74, 6) is 1.48. The van der Waals surface area contributed by atoms with Crippen molar-refractivity contribution in [1.82, 2.24) is 5.32 Å². The molecular weight excluding hydrogens is 226 g/mol. The highest BCUT2D eigenvalue weighted by Gasteiger charge is 2.46. The molecule has 0 unspecified atom stereocenters. The number of esters is 1. The van der Waals surface area contributed by atoms with Gasteiger partial charge in [-0.05, 0) is 57.3 Å². The molecule has 2 saturated carbocycles. The van der Waals surface area contributed by atoms with E-state index in [1.807, 2.05) is 6.92 Å². The number of carbonyl (C=O) groups is 1. The maximum Gasteiger partial charge on any atom is 0.326 e. The number of nitrogens with one attached hydrogen (secondary N) is 1. The molecule has 18 heavy (non-hydrogen) atoms. The first-order chi connectivity index (χ1) is 8.57. The zero-order valence-corrected chi connectivity index (χ0v) is 12.0. The Bertz CT molecular complexity index is 289. The van der Waals surface area contributed by atoms with Crippen LogP contribution in [0.1, 0.15) is 59.3 Å². The van der Waals surface area contributed by atoms with Crippen LogP contribution in [0.15, 0.2) is 0 Å². The molecule has 3 heteroatoms. The number of carbonyl (C=O) groups excluding carboxylic acids is 1. The van der Waals surface area contributed by atoms with E-state index in [1.165, 1.54) is 12.8 Å². The van der Waals surface area contributed by atoms with E-state index in [0.29, 0.717) is 12.6 Å². The lowest BCUT2D eigenvalue weighted by molar-refractivity contribution is -0.153. The van der Waals surface area contributed by atoms with Crippen LogP contribution in [0.5, 0.6) is 0 Å². The molecule has 0 aromatic heterocycles. The van der Waals surface area contributed by atoms with Gasteiger partial charge >= 0.3 is 5.97 Å². The van der Waals surface area contributed by atoms with Gasteiger partial charge in [-0.3, -0.25) is 10.1 Å². The maximum atomic E-state index is 12.3. The summed E-state index contributed by atoms with van der Waals surface area (Å²) >= 11 is 0. The van der Waals surface area contributed by atoms with Crippen molar-refractivity contribution < 1.29 is 9.53 Å². The van der Waals surface area contributed by atoms with Crippen molar-refractivity contribution in [2.24, 2.45) is 11.8 Å². The fourth-order valence-corrected chi connectivity index (χ4v) is 3.09. The lowest BCUT2D eigenvalue weighted by Crippen LogP contribution is -2.56. The summed E-state index contributed by atoms with van der Waals surface area (Å²) in [4.78, 5) is 12.3. The first-order valence-corrected chi connectivity index (χ1v) is 7.52. The summed E-state index contributed by atoms with van der Waals surface area (Å²) in [5.41, 5.74) is -0.372. The Hall–Kier alpha value is -0.570. The summed E-state index contributed by atoms with van der Waals surface area (Å²) in [6.45, 7) is 6.95. The minimum absolute atomic E-state index is 0.0147. The van der Waals surface area contributed by atoms with E-state index in [-0.39, 0.29) is 11.5 Å². The van der Waals surface area contributed by atoms with Crippen LogP contribution in [0.2, 0.25) is 0 Å². The minimum Gasteiger partial charge on any atom is -0.465 e. The molecular formula is C15H27NO2. The third kappa shape index (κ3) is 3.05. The molecule has 2 rings (SSSR count). The van der Waals surface area contributed by atoms with Gasteiger partial charge in [0.1, 0.15) is 5.54 Å². The molecule has 0 saturated heterocycles. The first kappa shape index (κ1) is 13.9. The Kier molecular flexibility index (Phi) is 4.31. The van der Waals surface area contributed by atoms with Crippen LogP contribution in [0.4, 0.5) is 0 Å². The summed E-state index contributed by atoms with van der Waals surface area (Å²) < 4.78 is 5.31. The van der Waals surface area contributed by atoms with Gasteiger partial charge in [-0.1, -0.05) is 13.8 Å². The topological polar surface area (TPSA) is 38.3 Å².